The third kappa shape index (κ3) is 2.57. The largest absolute Gasteiger partial charge is 0.345 e. The van der Waals surface area contributed by atoms with Gasteiger partial charge in [0, 0.05) is 30.8 Å². The van der Waals surface area contributed by atoms with Crippen LogP contribution in [0.15, 0.2) is 48.7 Å². The zero-order valence-corrected chi connectivity index (χ0v) is 14.0. The van der Waals surface area contributed by atoms with E-state index in [1.807, 2.05) is 47.5 Å². The van der Waals surface area contributed by atoms with Crippen molar-refractivity contribution >= 4 is 23.5 Å². The molecule has 0 bridgehead atoms. The van der Waals surface area contributed by atoms with Gasteiger partial charge in [0.15, 0.2) is 0 Å². The molecule has 1 aromatic carbocycles. The molecule has 2 aromatic heterocycles. The number of nitrogens with zero attached hydrogens (tertiary/aromatic N) is 3. The van der Waals surface area contributed by atoms with Gasteiger partial charge in [0.2, 0.25) is 6.41 Å². The lowest BCUT2D eigenvalue weighted by Crippen LogP contribution is -2.33. The zero-order valence-electron chi connectivity index (χ0n) is 13.2. The fourth-order valence-corrected chi connectivity index (χ4v) is 3.74. The summed E-state index contributed by atoms with van der Waals surface area (Å²) in [6.45, 7) is 1.56. The number of imidazole rings is 1. The molecule has 0 aliphatic carbocycles. The Morgan fingerprint density at radius 2 is 2.00 bits per heavy atom. The van der Waals surface area contributed by atoms with Gasteiger partial charge in [-0.3, -0.25) is 4.79 Å². The fraction of sp³-hybridized carbons (Fsp3) is 0.263. The summed E-state index contributed by atoms with van der Waals surface area (Å²) >= 11 is 6.40. The zero-order chi connectivity index (χ0) is 16.5. The van der Waals surface area contributed by atoms with E-state index in [2.05, 4.69) is 10.5 Å². The minimum Gasteiger partial charge on any atom is -0.345 e. The van der Waals surface area contributed by atoms with Gasteiger partial charge in [0.25, 0.3) is 0 Å². The standard InChI is InChI=1S/C19H18ClN3O/c20-16-8-2-1-7-15(16)18-17-9-3-4-11-23(17)19(21-18)14-6-5-10-22(12-14)13-24/h1-4,7-9,11,13-14H,5-6,10,12H2. The molecular formula is C19H18ClN3O. The van der Waals surface area contributed by atoms with Gasteiger partial charge >= 0.3 is 0 Å². The normalized spacial score (nSPS) is 18.0. The Hall–Kier alpha value is -2.33. The highest BCUT2D eigenvalue weighted by Gasteiger charge is 2.26. The van der Waals surface area contributed by atoms with Crippen LogP contribution in [0.4, 0.5) is 0 Å². The number of hydrogen-bond acceptors (Lipinski definition) is 2. The van der Waals surface area contributed by atoms with E-state index in [0.717, 1.165) is 54.9 Å². The van der Waals surface area contributed by atoms with Crippen molar-refractivity contribution in [1.82, 2.24) is 14.3 Å². The molecule has 1 aliphatic heterocycles. The Labute approximate surface area is 145 Å². The van der Waals surface area contributed by atoms with Gasteiger partial charge in [-0.1, -0.05) is 35.9 Å². The molecule has 1 saturated heterocycles. The highest BCUT2D eigenvalue weighted by molar-refractivity contribution is 6.33. The Balaban J connectivity index is 1.86. The maximum atomic E-state index is 11.2. The molecule has 3 aromatic rings. The van der Waals surface area contributed by atoms with Gasteiger partial charge < -0.3 is 9.30 Å². The molecule has 0 saturated carbocycles. The van der Waals surface area contributed by atoms with Crippen LogP contribution in [0.3, 0.4) is 0 Å². The molecule has 3 heterocycles. The van der Waals surface area contributed by atoms with Crippen LogP contribution >= 0.6 is 11.6 Å². The number of halogens is 1. The molecule has 1 atom stereocenters. The second kappa shape index (κ2) is 6.29. The molecule has 4 rings (SSSR count). The first-order valence-corrected chi connectivity index (χ1v) is 8.57. The minimum atomic E-state index is 0.245. The van der Waals surface area contributed by atoms with E-state index >= 15 is 0 Å². The quantitative estimate of drug-likeness (QED) is 0.677. The van der Waals surface area contributed by atoms with Crippen LogP contribution in [0.5, 0.6) is 0 Å². The lowest BCUT2D eigenvalue weighted by molar-refractivity contribution is -0.119. The van der Waals surface area contributed by atoms with Crippen LogP contribution in [0.2, 0.25) is 5.02 Å². The Kier molecular flexibility index (Phi) is 3.98. The molecule has 5 heteroatoms. The summed E-state index contributed by atoms with van der Waals surface area (Å²) in [6, 6.07) is 13.9. The minimum absolute atomic E-state index is 0.245. The lowest BCUT2D eigenvalue weighted by Gasteiger charge is -2.29. The van der Waals surface area contributed by atoms with Gasteiger partial charge in [0.05, 0.1) is 16.2 Å². The van der Waals surface area contributed by atoms with E-state index in [9.17, 15) is 4.79 Å². The number of pyridine rings is 1. The monoisotopic (exact) mass is 339 g/mol. The highest BCUT2D eigenvalue weighted by Crippen LogP contribution is 2.34. The van der Waals surface area contributed by atoms with E-state index < -0.39 is 0 Å². The molecule has 122 valence electrons. The van der Waals surface area contributed by atoms with Gasteiger partial charge in [-0.05, 0) is 31.0 Å². The predicted octanol–water partition coefficient (Wildman–Crippen LogP) is 3.99. The summed E-state index contributed by atoms with van der Waals surface area (Å²) in [4.78, 5) is 17.9. The van der Waals surface area contributed by atoms with Crippen molar-refractivity contribution in [2.45, 2.75) is 18.8 Å². The van der Waals surface area contributed by atoms with Crippen molar-refractivity contribution in [2.24, 2.45) is 0 Å². The van der Waals surface area contributed by atoms with Crippen LogP contribution in [0.25, 0.3) is 16.8 Å². The van der Waals surface area contributed by atoms with Gasteiger partial charge in [0.1, 0.15) is 5.82 Å². The Bertz CT molecular complexity index is 889. The number of fused-ring (bicyclic) bond motifs is 1. The molecule has 0 radical (unpaired) electrons. The molecule has 1 amide bonds. The number of aromatic nitrogens is 2. The van der Waals surface area contributed by atoms with Crippen LogP contribution < -0.4 is 0 Å². The number of carbonyl (C=O) groups is 1. The first-order chi connectivity index (χ1) is 11.8. The number of rotatable bonds is 3. The molecule has 1 unspecified atom stereocenters. The van der Waals surface area contributed by atoms with Crippen LogP contribution in [-0.2, 0) is 4.79 Å². The summed E-state index contributed by atoms with van der Waals surface area (Å²) in [7, 11) is 0. The third-order valence-electron chi connectivity index (χ3n) is 4.67. The SMILES string of the molecule is O=CN1CCCC(c2nc(-c3ccccc3Cl)c3ccccn23)C1. The molecule has 1 aliphatic rings. The topological polar surface area (TPSA) is 37.6 Å². The maximum absolute atomic E-state index is 11.2. The molecule has 1 fully saturated rings. The predicted molar refractivity (Wildman–Crippen MR) is 95.3 cm³/mol. The van der Waals surface area contributed by atoms with Crippen molar-refractivity contribution in [3.63, 3.8) is 0 Å². The average Bonchev–Trinajstić information content (AvgIpc) is 3.02. The second-order valence-corrected chi connectivity index (χ2v) is 6.60. The van der Waals surface area contributed by atoms with Crippen molar-refractivity contribution in [3.05, 3.63) is 59.5 Å². The summed E-state index contributed by atoms with van der Waals surface area (Å²) in [5.74, 6) is 1.25. The smallest absolute Gasteiger partial charge is 0.209 e. The number of benzene rings is 1. The van der Waals surface area contributed by atoms with E-state index in [-0.39, 0.29) is 5.92 Å². The first kappa shape index (κ1) is 15.2. The Morgan fingerprint density at radius 3 is 2.83 bits per heavy atom. The lowest BCUT2D eigenvalue weighted by atomic mass is 9.97. The number of amides is 1. The van der Waals surface area contributed by atoms with E-state index in [0.29, 0.717) is 5.02 Å². The van der Waals surface area contributed by atoms with E-state index in [1.54, 1.807) is 0 Å². The van der Waals surface area contributed by atoms with E-state index in [4.69, 9.17) is 16.6 Å². The molecule has 0 N–H and O–H groups in total. The first-order valence-electron chi connectivity index (χ1n) is 8.19. The third-order valence-corrected chi connectivity index (χ3v) is 5.00. The van der Waals surface area contributed by atoms with Crippen LogP contribution in [-0.4, -0.2) is 33.8 Å². The van der Waals surface area contributed by atoms with E-state index in [1.165, 1.54) is 0 Å². The van der Waals surface area contributed by atoms with Gasteiger partial charge in [-0.2, -0.15) is 0 Å². The summed E-state index contributed by atoms with van der Waals surface area (Å²) in [6.07, 6.45) is 5.03. The highest BCUT2D eigenvalue weighted by atomic mass is 35.5. The molecule has 4 nitrogen and oxygen atoms in total. The number of piperidine rings is 1. The summed E-state index contributed by atoms with van der Waals surface area (Å²) < 4.78 is 2.14. The van der Waals surface area contributed by atoms with Crippen molar-refractivity contribution < 1.29 is 4.79 Å². The van der Waals surface area contributed by atoms with Crippen molar-refractivity contribution in [1.29, 1.82) is 0 Å². The maximum Gasteiger partial charge on any atom is 0.209 e. The summed E-state index contributed by atoms with van der Waals surface area (Å²) in [5, 5.41) is 0.700. The molecular weight excluding hydrogens is 322 g/mol. The van der Waals surface area contributed by atoms with Crippen molar-refractivity contribution in [2.75, 3.05) is 13.1 Å². The van der Waals surface area contributed by atoms with Gasteiger partial charge in [-0.15, -0.1) is 0 Å². The van der Waals surface area contributed by atoms with Crippen LogP contribution in [0.1, 0.15) is 24.6 Å². The fourth-order valence-electron chi connectivity index (χ4n) is 3.51. The Morgan fingerprint density at radius 1 is 1.17 bits per heavy atom. The average molecular weight is 340 g/mol. The second-order valence-electron chi connectivity index (χ2n) is 6.19. The molecule has 24 heavy (non-hydrogen) atoms. The number of likely N-dealkylation sites (tertiary alicyclic amines) is 1. The number of hydrogen-bond donors (Lipinski definition) is 0. The van der Waals surface area contributed by atoms with Crippen LogP contribution in [0, 0.1) is 0 Å². The van der Waals surface area contributed by atoms with Crippen molar-refractivity contribution in [3.8, 4) is 11.3 Å². The molecule has 0 spiro atoms. The summed E-state index contributed by atoms with van der Waals surface area (Å²) in [5.41, 5.74) is 2.89. The number of carbonyl (C=O) groups excluding carboxylic acids is 1. The van der Waals surface area contributed by atoms with Gasteiger partial charge in [-0.25, -0.2) is 4.98 Å².